The minimum Gasteiger partial charge on any atom is -0.468 e. The van der Waals surface area contributed by atoms with Gasteiger partial charge in [-0.05, 0) is 30.7 Å². The second-order valence-electron chi connectivity index (χ2n) is 4.16. The molecule has 0 aliphatic rings. The van der Waals surface area contributed by atoms with Crippen molar-refractivity contribution in [1.29, 1.82) is 0 Å². The topological polar surface area (TPSA) is 25.2 Å². The maximum Gasteiger partial charge on any atom is 0.120 e. The number of furan rings is 1. The Morgan fingerprint density at radius 2 is 2.20 bits per heavy atom. The van der Waals surface area contributed by atoms with E-state index in [0.717, 1.165) is 18.2 Å². The zero-order valence-corrected chi connectivity index (χ0v) is 10.6. The van der Waals surface area contributed by atoms with E-state index in [1.54, 1.807) is 6.26 Å². The number of thioether (sulfide) groups is 1. The highest BCUT2D eigenvalue weighted by Gasteiger charge is 2.06. The molecule has 1 atom stereocenters. The van der Waals surface area contributed by atoms with Gasteiger partial charge in [0.1, 0.15) is 5.76 Å². The lowest BCUT2D eigenvalue weighted by Gasteiger charge is -2.11. The van der Waals surface area contributed by atoms with E-state index in [1.165, 1.54) is 11.5 Å². The van der Waals surface area contributed by atoms with Gasteiger partial charge < -0.3 is 9.73 Å². The van der Waals surface area contributed by atoms with E-state index >= 15 is 0 Å². The highest BCUT2D eigenvalue weighted by Crippen LogP contribution is 2.12. The predicted molar refractivity (Wildman–Crippen MR) is 67.3 cm³/mol. The van der Waals surface area contributed by atoms with Crippen LogP contribution in [0.2, 0.25) is 0 Å². The first kappa shape index (κ1) is 12.7. The Bertz CT molecular complexity index is 246. The minimum atomic E-state index is 0.319. The van der Waals surface area contributed by atoms with Crippen molar-refractivity contribution >= 4 is 11.8 Å². The van der Waals surface area contributed by atoms with Gasteiger partial charge in [0.2, 0.25) is 0 Å². The van der Waals surface area contributed by atoms with Gasteiger partial charge in [-0.2, -0.15) is 11.8 Å². The quantitative estimate of drug-likeness (QED) is 0.723. The van der Waals surface area contributed by atoms with E-state index < -0.39 is 0 Å². The van der Waals surface area contributed by atoms with Crippen LogP contribution in [0, 0.1) is 5.92 Å². The van der Waals surface area contributed by atoms with Crippen molar-refractivity contribution in [3.8, 4) is 0 Å². The standard InChI is InChI=1S/C12H21NOS/c1-10(2)9-15-8-6-13-11(3)12-5-4-7-14-12/h4-5,7,10-11,13H,6,8-9H2,1-3H3. The smallest absolute Gasteiger partial charge is 0.120 e. The maximum atomic E-state index is 5.32. The van der Waals surface area contributed by atoms with Crippen LogP contribution in [0.4, 0.5) is 0 Å². The van der Waals surface area contributed by atoms with Crippen molar-refractivity contribution in [2.24, 2.45) is 5.92 Å². The molecule has 1 rings (SSSR count). The summed E-state index contributed by atoms with van der Waals surface area (Å²) in [5.41, 5.74) is 0. The highest BCUT2D eigenvalue weighted by atomic mass is 32.2. The highest BCUT2D eigenvalue weighted by molar-refractivity contribution is 7.99. The molecule has 0 bridgehead atoms. The molecule has 0 aliphatic heterocycles. The van der Waals surface area contributed by atoms with Gasteiger partial charge in [-0.15, -0.1) is 0 Å². The predicted octanol–water partition coefficient (Wildman–Crippen LogP) is 3.32. The number of nitrogens with one attached hydrogen (secondary N) is 1. The Labute approximate surface area is 96.8 Å². The Morgan fingerprint density at radius 1 is 1.40 bits per heavy atom. The van der Waals surface area contributed by atoms with Crippen LogP contribution in [0.15, 0.2) is 22.8 Å². The molecule has 1 aromatic heterocycles. The van der Waals surface area contributed by atoms with Crippen molar-refractivity contribution in [3.63, 3.8) is 0 Å². The molecule has 2 nitrogen and oxygen atoms in total. The zero-order chi connectivity index (χ0) is 11.1. The molecule has 0 amide bonds. The van der Waals surface area contributed by atoms with Crippen molar-refractivity contribution in [2.75, 3.05) is 18.1 Å². The molecular formula is C12H21NOS. The first-order valence-corrected chi connectivity index (χ1v) is 6.70. The first-order valence-electron chi connectivity index (χ1n) is 5.54. The second-order valence-corrected chi connectivity index (χ2v) is 5.31. The summed E-state index contributed by atoms with van der Waals surface area (Å²) in [6, 6.07) is 4.26. The van der Waals surface area contributed by atoms with Gasteiger partial charge in [0, 0.05) is 12.3 Å². The summed E-state index contributed by atoms with van der Waals surface area (Å²) < 4.78 is 5.32. The number of rotatable bonds is 7. The van der Waals surface area contributed by atoms with E-state index in [4.69, 9.17) is 4.42 Å². The van der Waals surface area contributed by atoms with Crippen LogP contribution < -0.4 is 5.32 Å². The summed E-state index contributed by atoms with van der Waals surface area (Å²) in [6.07, 6.45) is 1.72. The third-order valence-electron chi connectivity index (χ3n) is 2.12. The van der Waals surface area contributed by atoms with Gasteiger partial charge in [0.15, 0.2) is 0 Å². The summed E-state index contributed by atoms with van der Waals surface area (Å²) in [5, 5.41) is 3.44. The van der Waals surface area contributed by atoms with E-state index in [2.05, 4.69) is 26.1 Å². The number of hydrogen-bond acceptors (Lipinski definition) is 3. The molecule has 0 spiro atoms. The second kappa shape index (κ2) is 6.96. The van der Waals surface area contributed by atoms with Crippen LogP contribution in [0.5, 0.6) is 0 Å². The fraction of sp³-hybridized carbons (Fsp3) is 0.667. The fourth-order valence-electron chi connectivity index (χ4n) is 1.30. The zero-order valence-electron chi connectivity index (χ0n) is 9.82. The molecule has 1 aromatic rings. The molecule has 3 heteroatoms. The van der Waals surface area contributed by atoms with Crippen molar-refractivity contribution < 1.29 is 4.42 Å². The largest absolute Gasteiger partial charge is 0.468 e. The number of hydrogen-bond donors (Lipinski definition) is 1. The van der Waals surface area contributed by atoms with Crippen LogP contribution in [0.1, 0.15) is 32.6 Å². The Hall–Kier alpha value is -0.410. The summed E-state index contributed by atoms with van der Waals surface area (Å²) in [6.45, 7) is 7.68. The van der Waals surface area contributed by atoms with Crippen LogP contribution in [0.3, 0.4) is 0 Å². The van der Waals surface area contributed by atoms with E-state index in [0.29, 0.717) is 6.04 Å². The van der Waals surface area contributed by atoms with Gasteiger partial charge in [0.25, 0.3) is 0 Å². The molecule has 0 saturated carbocycles. The molecule has 1 N–H and O–H groups in total. The molecule has 1 heterocycles. The molecule has 1 unspecified atom stereocenters. The molecular weight excluding hydrogens is 206 g/mol. The Balaban J connectivity index is 2.05. The Kier molecular flexibility index (Phi) is 5.88. The monoisotopic (exact) mass is 227 g/mol. The average molecular weight is 227 g/mol. The third-order valence-corrected chi connectivity index (χ3v) is 3.51. The molecule has 0 fully saturated rings. The van der Waals surface area contributed by atoms with Gasteiger partial charge >= 0.3 is 0 Å². The van der Waals surface area contributed by atoms with Crippen LogP contribution in [-0.4, -0.2) is 18.1 Å². The summed E-state index contributed by atoms with van der Waals surface area (Å²) in [4.78, 5) is 0. The lowest BCUT2D eigenvalue weighted by Crippen LogP contribution is -2.21. The van der Waals surface area contributed by atoms with Gasteiger partial charge in [-0.1, -0.05) is 13.8 Å². The maximum absolute atomic E-state index is 5.32. The lowest BCUT2D eigenvalue weighted by atomic mass is 10.2. The summed E-state index contributed by atoms with van der Waals surface area (Å²) in [7, 11) is 0. The van der Waals surface area contributed by atoms with Crippen LogP contribution in [-0.2, 0) is 0 Å². The minimum absolute atomic E-state index is 0.319. The van der Waals surface area contributed by atoms with Gasteiger partial charge in [0.05, 0.1) is 12.3 Å². The Morgan fingerprint density at radius 3 is 2.80 bits per heavy atom. The normalized spacial score (nSPS) is 13.3. The van der Waals surface area contributed by atoms with Crippen LogP contribution in [0.25, 0.3) is 0 Å². The first-order chi connectivity index (χ1) is 7.20. The van der Waals surface area contributed by atoms with Crippen LogP contribution >= 0.6 is 11.8 Å². The molecule has 0 radical (unpaired) electrons. The lowest BCUT2D eigenvalue weighted by molar-refractivity contribution is 0.438. The van der Waals surface area contributed by atoms with Gasteiger partial charge in [-0.3, -0.25) is 0 Å². The molecule has 86 valence electrons. The average Bonchev–Trinajstić information content (AvgIpc) is 2.69. The third kappa shape index (κ3) is 5.28. The molecule has 15 heavy (non-hydrogen) atoms. The van der Waals surface area contributed by atoms with Crippen molar-refractivity contribution in [3.05, 3.63) is 24.2 Å². The fourth-order valence-corrected chi connectivity index (χ4v) is 2.21. The van der Waals surface area contributed by atoms with E-state index in [9.17, 15) is 0 Å². The van der Waals surface area contributed by atoms with E-state index in [1.807, 2.05) is 23.9 Å². The molecule has 0 saturated heterocycles. The SMILES string of the molecule is CC(C)CSCCNC(C)c1ccco1. The van der Waals surface area contributed by atoms with E-state index in [-0.39, 0.29) is 0 Å². The summed E-state index contributed by atoms with van der Waals surface area (Å²) >= 11 is 2.01. The summed E-state index contributed by atoms with van der Waals surface area (Å²) in [5.74, 6) is 4.22. The van der Waals surface area contributed by atoms with Crippen molar-refractivity contribution in [2.45, 2.75) is 26.8 Å². The molecule has 0 aliphatic carbocycles. The molecule has 0 aromatic carbocycles. The van der Waals surface area contributed by atoms with Gasteiger partial charge in [-0.25, -0.2) is 0 Å². The van der Waals surface area contributed by atoms with Crippen molar-refractivity contribution in [1.82, 2.24) is 5.32 Å².